The fourth-order valence-electron chi connectivity index (χ4n) is 3.70. The molecule has 0 bridgehead atoms. The number of amides is 2. The topological polar surface area (TPSA) is 149 Å². The van der Waals surface area contributed by atoms with Gasteiger partial charge in [-0.15, -0.1) is 6.58 Å². The van der Waals surface area contributed by atoms with Crippen molar-refractivity contribution < 1.29 is 37.2 Å². The van der Waals surface area contributed by atoms with E-state index in [0.717, 1.165) is 12.1 Å². The number of para-hydroxylation sites is 1. The van der Waals surface area contributed by atoms with Crippen LogP contribution in [0.2, 0.25) is 0 Å². The molecule has 0 saturated heterocycles. The van der Waals surface area contributed by atoms with Gasteiger partial charge < -0.3 is 14.4 Å². The first-order valence-corrected chi connectivity index (χ1v) is 13.0. The van der Waals surface area contributed by atoms with Crippen molar-refractivity contribution in [2.24, 2.45) is 0 Å². The van der Waals surface area contributed by atoms with Gasteiger partial charge in [-0.25, -0.2) is 13.2 Å². The largest absolute Gasteiger partial charge is 0.444 e. The number of methoxy groups -OCH3 is 1. The minimum atomic E-state index is -4.75. The second-order valence-corrected chi connectivity index (χ2v) is 11.3. The molecular formula is C24H34N4O9S. The average molecular weight is 555 g/mol. The molecule has 38 heavy (non-hydrogen) atoms. The van der Waals surface area contributed by atoms with E-state index in [2.05, 4.69) is 6.58 Å². The fourth-order valence-corrected chi connectivity index (χ4v) is 5.26. The first-order chi connectivity index (χ1) is 17.7. The molecule has 14 heteroatoms. The highest BCUT2D eigenvalue weighted by atomic mass is 32.2. The highest BCUT2D eigenvalue weighted by Crippen LogP contribution is 2.32. The Bertz CT molecular complexity index is 1190. The van der Waals surface area contributed by atoms with E-state index in [4.69, 9.17) is 14.3 Å². The summed E-state index contributed by atoms with van der Waals surface area (Å²) in [4.78, 5) is 44.6. The summed E-state index contributed by atoms with van der Waals surface area (Å²) in [6.07, 6.45) is 1.92. The molecule has 1 aliphatic rings. The molecule has 0 aliphatic carbocycles. The van der Waals surface area contributed by atoms with Crippen LogP contribution in [0.5, 0.6) is 0 Å². The minimum absolute atomic E-state index is 0.0110. The van der Waals surface area contributed by atoms with Gasteiger partial charge in [0.25, 0.3) is 21.6 Å². The number of hydrogen-bond acceptors (Lipinski definition) is 9. The van der Waals surface area contributed by atoms with Gasteiger partial charge in [-0.2, -0.15) is 0 Å². The van der Waals surface area contributed by atoms with E-state index >= 15 is 0 Å². The van der Waals surface area contributed by atoms with Crippen molar-refractivity contribution in [3.63, 3.8) is 0 Å². The van der Waals surface area contributed by atoms with Crippen LogP contribution in [0.1, 0.15) is 20.8 Å². The highest BCUT2D eigenvalue weighted by Gasteiger charge is 2.46. The van der Waals surface area contributed by atoms with Gasteiger partial charge >= 0.3 is 6.09 Å². The number of carbonyl (C=O) groups is 2. The Hall–Kier alpha value is -3.33. The number of carbonyl (C=O) groups excluding carboxylic acids is 2. The summed E-state index contributed by atoms with van der Waals surface area (Å²) in [5.41, 5.74) is -1.56. The number of hydroxylamine groups is 1. The number of nitro groups is 1. The lowest BCUT2D eigenvalue weighted by Crippen LogP contribution is -2.58. The third kappa shape index (κ3) is 7.16. The fraction of sp³-hybridized carbons (Fsp3) is 0.500. The molecule has 0 spiro atoms. The van der Waals surface area contributed by atoms with Crippen LogP contribution in [0, 0.1) is 10.1 Å². The number of sulfonamides is 1. The standard InChI is InChI=1S/C24H34N4O9S/c1-8-13-36-28(38(33,34)21-12-10-9-11-19(21)27(31)32)20-15-26(23(30)37-24(2,3)4)17(16-35-7)14-18(20)22(29)25(5)6/h8-12,14,17,20H,1,13,15-16H2,2-7H3. The minimum Gasteiger partial charge on any atom is -0.444 e. The lowest BCUT2D eigenvalue weighted by molar-refractivity contribution is -0.388. The predicted octanol–water partition coefficient (Wildman–Crippen LogP) is 2.35. The maximum Gasteiger partial charge on any atom is 0.410 e. The van der Waals surface area contributed by atoms with Crippen molar-refractivity contribution in [2.45, 2.75) is 43.4 Å². The predicted molar refractivity (Wildman–Crippen MR) is 137 cm³/mol. The van der Waals surface area contributed by atoms with Crippen LogP contribution in [-0.2, 0) is 29.1 Å². The Morgan fingerprint density at radius 3 is 2.42 bits per heavy atom. The summed E-state index contributed by atoms with van der Waals surface area (Å²) < 4.78 is 39.0. The number of nitrogens with zero attached hydrogens (tertiary/aromatic N) is 4. The number of nitro benzene ring substituents is 1. The number of rotatable bonds is 10. The molecule has 13 nitrogen and oxygen atoms in total. The van der Waals surface area contributed by atoms with E-state index < -0.39 is 55.2 Å². The number of benzene rings is 1. The summed E-state index contributed by atoms with van der Waals surface area (Å²) in [7, 11) is -0.372. The van der Waals surface area contributed by atoms with E-state index in [1.165, 1.54) is 55.3 Å². The van der Waals surface area contributed by atoms with E-state index in [-0.39, 0.29) is 25.3 Å². The lowest BCUT2D eigenvalue weighted by Gasteiger charge is -2.41. The van der Waals surface area contributed by atoms with Crippen molar-refractivity contribution in [3.05, 3.63) is 58.7 Å². The molecule has 1 aromatic rings. The lowest BCUT2D eigenvalue weighted by atomic mass is 9.97. The van der Waals surface area contributed by atoms with Gasteiger partial charge in [0.15, 0.2) is 4.90 Å². The van der Waals surface area contributed by atoms with Crippen LogP contribution in [0.25, 0.3) is 0 Å². The molecule has 0 aromatic heterocycles. The zero-order valence-electron chi connectivity index (χ0n) is 22.3. The van der Waals surface area contributed by atoms with Crippen LogP contribution in [0.15, 0.2) is 53.5 Å². The van der Waals surface area contributed by atoms with E-state index in [1.807, 2.05) is 0 Å². The van der Waals surface area contributed by atoms with Crippen LogP contribution < -0.4 is 0 Å². The highest BCUT2D eigenvalue weighted by molar-refractivity contribution is 7.89. The van der Waals surface area contributed by atoms with E-state index in [1.54, 1.807) is 20.8 Å². The Morgan fingerprint density at radius 2 is 1.89 bits per heavy atom. The molecule has 2 amide bonds. The van der Waals surface area contributed by atoms with Gasteiger partial charge in [-0.1, -0.05) is 22.7 Å². The summed E-state index contributed by atoms with van der Waals surface area (Å²) in [5, 5.41) is 11.6. The number of likely N-dealkylation sites (N-methyl/N-ethyl adjacent to an activating group) is 1. The van der Waals surface area contributed by atoms with Gasteiger partial charge in [0.2, 0.25) is 0 Å². The van der Waals surface area contributed by atoms with Gasteiger partial charge in [0.1, 0.15) is 5.60 Å². The number of ether oxygens (including phenoxy) is 2. The third-order valence-electron chi connectivity index (χ3n) is 5.27. The number of hydrogen-bond donors (Lipinski definition) is 0. The monoisotopic (exact) mass is 554 g/mol. The van der Waals surface area contributed by atoms with Gasteiger partial charge in [-0.05, 0) is 32.9 Å². The molecule has 2 atom stereocenters. The van der Waals surface area contributed by atoms with Gasteiger partial charge in [0, 0.05) is 39.4 Å². The second kappa shape index (κ2) is 12.5. The first kappa shape index (κ1) is 30.9. The molecule has 0 saturated carbocycles. The quantitative estimate of drug-likeness (QED) is 0.241. The third-order valence-corrected chi connectivity index (χ3v) is 7.01. The maximum atomic E-state index is 13.9. The average Bonchev–Trinajstić information content (AvgIpc) is 2.83. The zero-order valence-corrected chi connectivity index (χ0v) is 23.1. The Labute approximate surface area is 222 Å². The van der Waals surface area contributed by atoms with Crippen molar-refractivity contribution in [1.29, 1.82) is 0 Å². The first-order valence-electron chi connectivity index (χ1n) is 11.6. The SMILES string of the molecule is C=CCON(C1CN(C(=O)OC(C)(C)C)C(COC)C=C1C(=O)N(C)C)S(=O)(=O)c1ccccc1[N+](=O)[O-]. The molecule has 1 aromatic carbocycles. The van der Waals surface area contributed by atoms with E-state index in [0.29, 0.717) is 4.47 Å². The molecule has 0 N–H and O–H groups in total. The van der Waals surface area contributed by atoms with E-state index in [9.17, 15) is 28.1 Å². The molecule has 2 unspecified atom stereocenters. The summed E-state index contributed by atoms with van der Waals surface area (Å²) in [6.45, 7) is 7.86. The maximum absolute atomic E-state index is 13.9. The van der Waals surface area contributed by atoms with Gasteiger partial charge in [-0.3, -0.25) is 24.6 Å². The van der Waals surface area contributed by atoms with Crippen LogP contribution in [0.4, 0.5) is 10.5 Å². The molecule has 0 fully saturated rings. The molecule has 0 radical (unpaired) electrons. The molecular weight excluding hydrogens is 520 g/mol. The molecule has 1 aliphatic heterocycles. The van der Waals surface area contributed by atoms with Crippen LogP contribution >= 0.6 is 0 Å². The second-order valence-electron chi connectivity index (χ2n) is 9.56. The summed E-state index contributed by atoms with van der Waals surface area (Å²) >= 11 is 0. The summed E-state index contributed by atoms with van der Waals surface area (Å²) in [5.74, 6) is -0.551. The molecule has 1 heterocycles. The normalized spacial score (nSPS) is 18.1. The molecule has 210 valence electrons. The molecule has 2 rings (SSSR count). The summed E-state index contributed by atoms with van der Waals surface area (Å²) in [6, 6.07) is 2.60. The Morgan fingerprint density at radius 1 is 1.26 bits per heavy atom. The van der Waals surface area contributed by atoms with Crippen molar-refractivity contribution in [2.75, 3.05) is 41.0 Å². The zero-order chi connectivity index (χ0) is 28.8. The van der Waals surface area contributed by atoms with Crippen molar-refractivity contribution in [3.8, 4) is 0 Å². The van der Waals surface area contributed by atoms with Crippen LogP contribution in [0.3, 0.4) is 0 Å². The van der Waals surface area contributed by atoms with Gasteiger partial charge in [0.05, 0.1) is 30.2 Å². The van der Waals surface area contributed by atoms with Crippen molar-refractivity contribution >= 4 is 27.7 Å². The van der Waals surface area contributed by atoms with Crippen LogP contribution in [-0.4, -0.2) is 98.3 Å². The van der Waals surface area contributed by atoms with Crippen molar-refractivity contribution in [1.82, 2.24) is 14.3 Å². The Kier molecular flexibility index (Phi) is 10.1. The Balaban J connectivity index is 2.77. The smallest absolute Gasteiger partial charge is 0.410 e.